The van der Waals surface area contributed by atoms with Gasteiger partial charge in [-0.2, -0.15) is 0 Å². The lowest BCUT2D eigenvalue weighted by Crippen LogP contribution is -2.43. The maximum absolute atomic E-state index is 12.6. The van der Waals surface area contributed by atoms with Gasteiger partial charge in [0, 0.05) is 25.6 Å². The maximum Gasteiger partial charge on any atom is 0.228 e. The second kappa shape index (κ2) is 5.98. The normalized spacial score (nSPS) is 29.6. The molecule has 1 spiro atoms. The number of halogens is 1. The maximum atomic E-state index is 12.6. The Morgan fingerprint density at radius 3 is 2.63 bits per heavy atom. The highest BCUT2D eigenvalue weighted by molar-refractivity contribution is 5.85. The Morgan fingerprint density at radius 2 is 2.05 bits per heavy atom. The van der Waals surface area contributed by atoms with E-state index in [2.05, 4.69) is 10.2 Å². The van der Waals surface area contributed by atoms with Crippen LogP contribution in [0.25, 0.3) is 0 Å². The molecule has 0 aromatic rings. The quantitative estimate of drug-likeness (QED) is 0.848. The van der Waals surface area contributed by atoms with Crippen molar-refractivity contribution >= 4 is 18.3 Å². The van der Waals surface area contributed by atoms with Crippen molar-refractivity contribution in [2.24, 2.45) is 17.3 Å². The molecule has 2 saturated heterocycles. The first-order chi connectivity index (χ1) is 8.75. The molecule has 0 aromatic heterocycles. The zero-order chi connectivity index (χ0) is 12.6. The zero-order valence-corrected chi connectivity index (χ0v) is 12.5. The zero-order valence-electron chi connectivity index (χ0n) is 11.7. The van der Waals surface area contributed by atoms with Crippen LogP contribution < -0.4 is 5.32 Å². The number of hydrogen-bond acceptors (Lipinski definition) is 3. The van der Waals surface area contributed by atoms with Crippen molar-refractivity contribution in [3.05, 3.63) is 0 Å². The molecule has 3 fully saturated rings. The molecule has 4 nitrogen and oxygen atoms in total. The second-order valence-electron chi connectivity index (χ2n) is 6.28. The van der Waals surface area contributed by atoms with Gasteiger partial charge in [-0.15, -0.1) is 12.4 Å². The van der Waals surface area contributed by atoms with E-state index >= 15 is 0 Å². The van der Waals surface area contributed by atoms with E-state index in [4.69, 9.17) is 4.74 Å². The third-order valence-electron chi connectivity index (χ3n) is 4.96. The molecule has 19 heavy (non-hydrogen) atoms. The van der Waals surface area contributed by atoms with Crippen LogP contribution in [0.1, 0.15) is 25.7 Å². The van der Waals surface area contributed by atoms with Crippen molar-refractivity contribution in [3.63, 3.8) is 0 Å². The number of nitrogens with zero attached hydrogens (tertiary/aromatic N) is 1. The van der Waals surface area contributed by atoms with Gasteiger partial charge in [0.1, 0.15) is 0 Å². The first kappa shape index (κ1) is 15.1. The molecule has 2 heterocycles. The number of rotatable bonds is 4. The highest BCUT2D eigenvalue weighted by atomic mass is 35.5. The van der Waals surface area contributed by atoms with Gasteiger partial charge in [0.25, 0.3) is 0 Å². The van der Waals surface area contributed by atoms with Gasteiger partial charge < -0.3 is 15.0 Å². The van der Waals surface area contributed by atoms with E-state index in [-0.39, 0.29) is 23.7 Å². The molecule has 3 rings (SSSR count). The fourth-order valence-electron chi connectivity index (χ4n) is 3.66. The molecule has 110 valence electrons. The number of amides is 1. The van der Waals surface area contributed by atoms with Gasteiger partial charge in [0.05, 0.1) is 12.5 Å². The van der Waals surface area contributed by atoms with Crippen LogP contribution in [0.4, 0.5) is 0 Å². The lowest BCUT2D eigenvalue weighted by molar-refractivity contribution is -0.133. The Balaban J connectivity index is 0.00000133. The summed E-state index contributed by atoms with van der Waals surface area (Å²) in [5, 5.41) is 3.41. The van der Waals surface area contributed by atoms with Crippen LogP contribution in [-0.4, -0.2) is 50.7 Å². The topological polar surface area (TPSA) is 41.6 Å². The number of methoxy groups -OCH3 is 1. The molecule has 2 aliphatic heterocycles. The van der Waals surface area contributed by atoms with Crippen LogP contribution in [0.2, 0.25) is 0 Å². The van der Waals surface area contributed by atoms with Crippen molar-refractivity contribution in [3.8, 4) is 0 Å². The summed E-state index contributed by atoms with van der Waals surface area (Å²) in [7, 11) is 1.71. The van der Waals surface area contributed by atoms with Gasteiger partial charge in [0.2, 0.25) is 5.91 Å². The van der Waals surface area contributed by atoms with E-state index in [9.17, 15) is 4.79 Å². The highest BCUT2D eigenvalue weighted by Gasteiger charge is 2.52. The van der Waals surface area contributed by atoms with Gasteiger partial charge in [-0.05, 0) is 44.7 Å². The number of carbonyl (C=O) groups is 1. The summed E-state index contributed by atoms with van der Waals surface area (Å²) in [6.45, 7) is 4.65. The first-order valence-electron chi connectivity index (χ1n) is 7.24. The van der Waals surface area contributed by atoms with Gasteiger partial charge >= 0.3 is 0 Å². The van der Waals surface area contributed by atoms with E-state index in [1.165, 1.54) is 12.8 Å². The van der Waals surface area contributed by atoms with Gasteiger partial charge in [0.15, 0.2) is 0 Å². The SMILES string of the molecule is COCC1C(=O)N(CC2CC2)CC12CCNCC2.Cl. The monoisotopic (exact) mass is 288 g/mol. The molecule has 1 amide bonds. The molecule has 1 unspecified atom stereocenters. The summed E-state index contributed by atoms with van der Waals surface area (Å²) < 4.78 is 5.32. The summed E-state index contributed by atoms with van der Waals surface area (Å²) in [6.07, 6.45) is 4.86. The molecule has 1 aliphatic carbocycles. The Morgan fingerprint density at radius 1 is 1.37 bits per heavy atom. The predicted octanol–water partition coefficient (Wildman–Crippen LogP) is 1.29. The molecule has 0 radical (unpaired) electrons. The third kappa shape index (κ3) is 2.91. The smallest absolute Gasteiger partial charge is 0.228 e. The van der Waals surface area contributed by atoms with Crippen molar-refractivity contribution < 1.29 is 9.53 Å². The van der Waals surface area contributed by atoms with Crippen molar-refractivity contribution in [1.29, 1.82) is 0 Å². The molecule has 0 bridgehead atoms. The van der Waals surface area contributed by atoms with Crippen molar-refractivity contribution in [1.82, 2.24) is 10.2 Å². The van der Waals surface area contributed by atoms with Gasteiger partial charge in [-0.1, -0.05) is 0 Å². The average molecular weight is 289 g/mol. The minimum Gasteiger partial charge on any atom is -0.384 e. The Hall–Kier alpha value is -0.320. The molecule has 5 heteroatoms. The van der Waals surface area contributed by atoms with Crippen LogP contribution >= 0.6 is 12.4 Å². The van der Waals surface area contributed by atoms with Crippen molar-refractivity contribution in [2.45, 2.75) is 25.7 Å². The second-order valence-corrected chi connectivity index (χ2v) is 6.28. The number of likely N-dealkylation sites (tertiary alicyclic amines) is 1. The molecular weight excluding hydrogens is 264 g/mol. The molecule has 3 aliphatic rings. The Kier molecular flexibility index (Phi) is 4.75. The lowest BCUT2D eigenvalue weighted by atomic mass is 9.71. The minimum absolute atomic E-state index is 0. The van der Waals surface area contributed by atoms with Gasteiger partial charge in [-0.3, -0.25) is 4.79 Å². The van der Waals surface area contributed by atoms with Crippen LogP contribution in [0.5, 0.6) is 0 Å². The molecular formula is C14H25ClN2O2. The summed E-state index contributed by atoms with van der Waals surface area (Å²) in [5.41, 5.74) is 0.188. The molecule has 1 N–H and O–H groups in total. The van der Waals surface area contributed by atoms with Crippen LogP contribution in [0, 0.1) is 17.3 Å². The predicted molar refractivity (Wildman–Crippen MR) is 76.5 cm³/mol. The summed E-state index contributed by atoms with van der Waals surface area (Å²) in [5.74, 6) is 1.24. The summed E-state index contributed by atoms with van der Waals surface area (Å²) in [6, 6.07) is 0. The summed E-state index contributed by atoms with van der Waals surface area (Å²) >= 11 is 0. The number of carbonyl (C=O) groups excluding carboxylic acids is 1. The number of nitrogens with one attached hydrogen (secondary N) is 1. The Bertz CT molecular complexity index is 327. The van der Waals surface area contributed by atoms with E-state index in [1.54, 1.807) is 7.11 Å². The Labute approximate surface area is 121 Å². The molecule has 0 aromatic carbocycles. The largest absolute Gasteiger partial charge is 0.384 e. The van der Waals surface area contributed by atoms with E-state index in [0.29, 0.717) is 12.5 Å². The van der Waals surface area contributed by atoms with E-state index in [0.717, 1.165) is 44.9 Å². The minimum atomic E-state index is 0. The number of piperidine rings is 1. The molecule has 1 atom stereocenters. The third-order valence-corrected chi connectivity index (χ3v) is 4.96. The number of hydrogen-bond donors (Lipinski definition) is 1. The standard InChI is InChI=1S/C14H24N2O2.ClH/c1-18-9-12-13(17)16(8-11-2-3-11)10-14(12)4-6-15-7-5-14;/h11-12,15H,2-10H2,1H3;1H. The summed E-state index contributed by atoms with van der Waals surface area (Å²) in [4.78, 5) is 14.7. The van der Waals surface area contributed by atoms with E-state index in [1.807, 2.05) is 0 Å². The van der Waals surface area contributed by atoms with Crippen molar-refractivity contribution in [2.75, 3.05) is 39.9 Å². The lowest BCUT2D eigenvalue weighted by Gasteiger charge is -2.37. The van der Waals surface area contributed by atoms with Crippen LogP contribution in [0.3, 0.4) is 0 Å². The van der Waals surface area contributed by atoms with E-state index < -0.39 is 0 Å². The van der Waals surface area contributed by atoms with Gasteiger partial charge in [-0.25, -0.2) is 0 Å². The average Bonchev–Trinajstić information content (AvgIpc) is 3.15. The van der Waals surface area contributed by atoms with Crippen LogP contribution in [0.15, 0.2) is 0 Å². The first-order valence-corrected chi connectivity index (χ1v) is 7.24. The fraction of sp³-hybridized carbons (Fsp3) is 0.929. The van der Waals surface area contributed by atoms with Crippen LogP contribution in [-0.2, 0) is 9.53 Å². The number of ether oxygens (including phenoxy) is 1. The fourth-order valence-corrected chi connectivity index (χ4v) is 3.66. The molecule has 1 saturated carbocycles. The highest BCUT2D eigenvalue weighted by Crippen LogP contribution is 2.45.